The zero-order chi connectivity index (χ0) is 62.0. The van der Waals surface area contributed by atoms with E-state index in [0.29, 0.717) is 87.0 Å². The number of nitrogens with zero attached hydrogens (tertiary/aromatic N) is 3. The second-order valence-electron chi connectivity index (χ2n) is 26.8. The number of hydrogen-bond donors (Lipinski definition) is 11. The lowest BCUT2D eigenvalue weighted by molar-refractivity contribution is -0.174. The van der Waals surface area contributed by atoms with Crippen molar-refractivity contribution in [3.05, 3.63) is 120 Å². The second-order valence-corrected chi connectivity index (χ2v) is 26.8. The van der Waals surface area contributed by atoms with Crippen LogP contribution in [0, 0.1) is 58.2 Å². The number of phenols is 3. The lowest BCUT2D eigenvalue weighted by Gasteiger charge is -2.57. The van der Waals surface area contributed by atoms with Crippen molar-refractivity contribution in [1.82, 2.24) is 41.1 Å². The van der Waals surface area contributed by atoms with E-state index in [1.54, 1.807) is 24.5 Å². The van der Waals surface area contributed by atoms with Crippen LogP contribution in [-0.4, -0.2) is 116 Å². The molecule has 0 amide bonds. The van der Waals surface area contributed by atoms with E-state index >= 15 is 0 Å². The van der Waals surface area contributed by atoms with Crippen molar-refractivity contribution in [2.45, 2.75) is 171 Å². The summed E-state index contributed by atoms with van der Waals surface area (Å²) in [6.07, 6.45) is 21.6. The molecule has 2 saturated heterocycles. The van der Waals surface area contributed by atoms with Gasteiger partial charge in [-0.3, -0.25) is 20.1 Å². The third-order valence-electron chi connectivity index (χ3n) is 21.0. The minimum absolute atomic E-state index is 0.000265. The first-order chi connectivity index (χ1) is 43.8. The zero-order valence-corrected chi connectivity index (χ0v) is 51.8. The number of carbonyl (C=O) groups is 1. The Kier molecular flexibility index (Phi) is 17.8. The van der Waals surface area contributed by atoms with Crippen LogP contribution in [0.4, 0.5) is 0 Å². The number of nitrogens with one attached hydrogen (secondary N) is 6. The number of allylic oxidation sites excluding steroid dienone is 2. The van der Waals surface area contributed by atoms with Gasteiger partial charge in [0.25, 0.3) is 0 Å². The SMILES string of the molecule is CCNCC1CCCC1(CN=C1NC(n2cc3cc[nH]c3c2)C2C(O)NC3CCCCC3C#CCC3(C4CC(OC(C)=O)CC(c5cc(O)c(O)c(OCCc6cccnc6)c5)O4)CC#CC4C(CCCC42N1)Oc1cc(ccc1O)C3)CC1=CCNC(N)=C1. The molecule has 3 aliphatic carbocycles. The average Bonchev–Trinajstić information content (AvgIpc) is 0.911. The van der Waals surface area contributed by atoms with Gasteiger partial charge in [0.2, 0.25) is 5.75 Å². The summed E-state index contributed by atoms with van der Waals surface area (Å²) in [6, 6.07) is 14.5. The number of pyridine rings is 1. The summed E-state index contributed by atoms with van der Waals surface area (Å²) in [7, 11) is 0. The number of fused-ring (bicyclic) bond motifs is 6. The van der Waals surface area contributed by atoms with Crippen molar-refractivity contribution in [2.75, 3.05) is 32.8 Å². The lowest BCUT2D eigenvalue weighted by atomic mass is 9.61. The van der Waals surface area contributed by atoms with Gasteiger partial charge in [-0.25, -0.2) is 0 Å². The number of benzene rings is 2. The fourth-order valence-electron chi connectivity index (χ4n) is 16.6. The number of aliphatic hydroxyl groups excluding tert-OH is 1. The quantitative estimate of drug-likeness (QED) is 0.0266. The molecule has 0 radical (unpaired) electrons. The Hall–Kier alpha value is -7.81. The molecule has 5 aliphatic heterocycles. The Bertz CT molecular complexity index is 3610. The largest absolute Gasteiger partial charge is 0.504 e. The molecule has 90 heavy (non-hydrogen) atoms. The van der Waals surface area contributed by atoms with Crippen LogP contribution in [0.5, 0.6) is 28.7 Å². The number of esters is 1. The molecular formula is C71H88N10O9. The molecule has 3 saturated carbocycles. The zero-order valence-electron chi connectivity index (χ0n) is 51.8. The number of dihydropyridines is 1. The highest BCUT2D eigenvalue weighted by molar-refractivity contribution is 5.83. The molecule has 476 valence electrons. The van der Waals surface area contributed by atoms with Gasteiger partial charge in [-0.05, 0) is 147 Å². The van der Waals surface area contributed by atoms with E-state index in [2.05, 4.69) is 102 Å². The molecule has 2 aromatic carbocycles. The molecule has 5 aromatic rings. The average molecular weight is 1230 g/mol. The first-order valence-corrected chi connectivity index (χ1v) is 32.9. The van der Waals surface area contributed by atoms with Crippen LogP contribution in [0.3, 0.4) is 0 Å². The number of hydrogen-bond acceptors (Lipinski definition) is 15. The Morgan fingerprint density at radius 2 is 1.86 bits per heavy atom. The number of nitrogens with two attached hydrogens (primary N) is 1. The molecule has 5 fully saturated rings. The van der Waals surface area contributed by atoms with Crippen LogP contribution in [0.1, 0.15) is 139 Å². The topological polar surface area (TPSA) is 267 Å². The van der Waals surface area contributed by atoms with Gasteiger partial charge in [0, 0.05) is 106 Å². The highest BCUT2D eigenvalue weighted by Gasteiger charge is 2.60. The van der Waals surface area contributed by atoms with Crippen LogP contribution in [0.15, 0.2) is 108 Å². The molecule has 3 aromatic heterocycles. The van der Waals surface area contributed by atoms with E-state index in [4.69, 9.17) is 29.7 Å². The Labute approximate surface area is 527 Å². The predicted molar refractivity (Wildman–Crippen MR) is 343 cm³/mol. The summed E-state index contributed by atoms with van der Waals surface area (Å²) in [5.74, 6) is 14.9. The summed E-state index contributed by atoms with van der Waals surface area (Å²) in [4.78, 5) is 26.5. The molecule has 8 aliphatic rings. The van der Waals surface area contributed by atoms with Gasteiger partial charge in [0.1, 0.15) is 24.6 Å². The molecule has 19 nitrogen and oxygen atoms in total. The number of aliphatic hydroxyl groups is 1. The van der Waals surface area contributed by atoms with Gasteiger partial charge in [-0.2, -0.15) is 0 Å². The number of aromatic hydroxyl groups is 3. The van der Waals surface area contributed by atoms with Gasteiger partial charge in [-0.15, -0.1) is 11.8 Å². The lowest BCUT2D eigenvalue weighted by Crippen LogP contribution is -2.75. The van der Waals surface area contributed by atoms with E-state index in [9.17, 15) is 25.2 Å². The maximum Gasteiger partial charge on any atom is 0.302 e. The normalized spacial score (nSPS) is 32.7. The predicted octanol–water partition coefficient (Wildman–Crippen LogP) is 8.53. The van der Waals surface area contributed by atoms with Gasteiger partial charge in [0.15, 0.2) is 29.0 Å². The number of aliphatic imine (C=N–C) groups is 1. The smallest absolute Gasteiger partial charge is 0.302 e. The van der Waals surface area contributed by atoms with Crippen LogP contribution < -0.4 is 41.8 Å². The van der Waals surface area contributed by atoms with Crippen LogP contribution in [0.25, 0.3) is 10.9 Å². The summed E-state index contributed by atoms with van der Waals surface area (Å²) < 4.78 is 29.3. The standard InChI is InChI=1S/C71H88N10O9/c1-3-73-40-51-14-7-25-70(51,38-47-20-28-76-63(72)32-47)43-77-68-79-66(81-41-49-21-29-75-55(49)42-81)64-67(86)78-54-16-5-4-12-48(54)13-6-23-69(24-8-15-53-58(17-9-26-71(53,64)80-68)89-60-31-46(37-69)18-19-56(60)83)62-36-52(88-44(2)82)35-59(90-62)50-33-57(84)65(85)61(34-50)87-30-22-45-11-10-27-74-39-45/h10-11,18-21,27,29,31-34,39,41-42,48,51-54,58-59,62,64,66-67,73,75-76,78,83-86H,3-5,7,9,12,14,16-17,22-26,28,30,35-38,40,43,72H2,1-2H3,(H2,77,79,80). The van der Waals surface area contributed by atoms with Crippen molar-refractivity contribution in [1.29, 1.82) is 0 Å². The van der Waals surface area contributed by atoms with Crippen molar-refractivity contribution < 1.29 is 44.2 Å². The van der Waals surface area contributed by atoms with Crippen molar-refractivity contribution in [3.8, 4) is 52.4 Å². The van der Waals surface area contributed by atoms with E-state index in [-0.39, 0.29) is 53.4 Å². The maximum absolute atomic E-state index is 13.6. The maximum atomic E-state index is 13.6. The number of aromatic amines is 1. The molecule has 14 unspecified atom stereocenters. The molecule has 8 heterocycles. The van der Waals surface area contributed by atoms with Gasteiger partial charge in [0.05, 0.1) is 47.5 Å². The number of carbonyl (C=O) groups excluding carboxylic acids is 1. The highest BCUT2D eigenvalue weighted by atomic mass is 16.6. The van der Waals surface area contributed by atoms with Crippen LogP contribution in [0.2, 0.25) is 0 Å². The number of guanidine groups is 1. The van der Waals surface area contributed by atoms with E-state index < -0.39 is 65.6 Å². The number of rotatable bonds is 15. The first kappa shape index (κ1) is 61.1. The van der Waals surface area contributed by atoms with Gasteiger partial charge in [-0.1, -0.05) is 56.2 Å². The Balaban J connectivity index is 0.949. The third kappa shape index (κ3) is 12.7. The fourth-order valence-corrected chi connectivity index (χ4v) is 16.6. The molecule has 1 spiro atoms. The molecule has 19 heteroatoms. The van der Waals surface area contributed by atoms with Crippen LogP contribution >= 0.6 is 0 Å². The second kappa shape index (κ2) is 26.2. The van der Waals surface area contributed by atoms with Crippen molar-refractivity contribution in [2.24, 2.45) is 45.2 Å². The van der Waals surface area contributed by atoms with Gasteiger partial charge < -0.3 is 75.9 Å². The summed E-state index contributed by atoms with van der Waals surface area (Å²) in [5, 5.41) is 68.1. The Morgan fingerprint density at radius 1 is 0.989 bits per heavy atom. The minimum Gasteiger partial charge on any atom is -0.504 e. The third-order valence-corrected chi connectivity index (χ3v) is 21.0. The molecule has 4 bridgehead atoms. The molecule has 13 rings (SSSR count). The first-order valence-electron chi connectivity index (χ1n) is 32.9. The van der Waals surface area contributed by atoms with Crippen LogP contribution in [-0.2, 0) is 27.1 Å². The van der Waals surface area contributed by atoms with E-state index in [1.807, 2.05) is 30.5 Å². The van der Waals surface area contributed by atoms with Gasteiger partial charge >= 0.3 is 5.97 Å². The van der Waals surface area contributed by atoms with Crippen molar-refractivity contribution in [3.63, 3.8) is 0 Å². The van der Waals surface area contributed by atoms with Crippen molar-refractivity contribution >= 4 is 22.8 Å². The Morgan fingerprint density at radius 3 is 2.69 bits per heavy atom. The summed E-state index contributed by atoms with van der Waals surface area (Å²) in [6.45, 7) is 6.77. The minimum atomic E-state index is -1.07. The highest BCUT2D eigenvalue weighted by Crippen LogP contribution is 2.53. The van der Waals surface area contributed by atoms with E-state index in [1.165, 1.54) is 18.6 Å². The summed E-state index contributed by atoms with van der Waals surface area (Å²) >= 11 is 0. The number of H-pyrrole nitrogens is 1. The number of aromatic nitrogens is 3. The molecule has 14 atom stereocenters. The summed E-state index contributed by atoms with van der Waals surface area (Å²) in [5.41, 5.74) is 8.94. The fraction of sp³-hybridized carbons (Fsp3) is 0.535. The number of phenolic OH excluding ortho intramolecular Hbond substituents is 3. The molecular weight excluding hydrogens is 1140 g/mol. The van der Waals surface area contributed by atoms with E-state index in [0.717, 1.165) is 92.9 Å². The molecule has 12 N–H and O–H groups in total. The number of ether oxygens (including phenoxy) is 4. The monoisotopic (exact) mass is 1220 g/mol.